The Hall–Kier alpha value is -3.89. The summed E-state index contributed by atoms with van der Waals surface area (Å²) in [6.07, 6.45) is 3.80. The van der Waals surface area contributed by atoms with Crippen molar-refractivity contribution >= 4 is 17.5 Å². The lowest BCUT2D eigenvalue weighted by atomic mass is 10.0. The van der Waals surface area contributed by atoms with Gasteiger partial charge in [0, 0.05) is 11.8 Å². The molecule has 1 fully saturated rings. The van der Waals surface area contributed by atoms with Crippen LogP contribution in [0.1, 0.15) is 40.2 Å². The number of carbonyl (C=O) groups is 1. The van der Waals surface area contributed by atoms with Crippen LogP contribution in [0, 0.1) is 11.3 Å². The number of hydrogen-bond donors (Lipinski definition) is 3. The molecule has 3 aromatic rings. The van der Waals surface area contributed by atoms with E-state index >= 15 is 0 Å². The molecule has 150 valence electrons. The van der Waals surface area contributed by atoms with Gasteiger partial charge in [-0.2, -0.15) is 5.26 Å². The van der Waals surface area contributed by atoms with E-state index in [1.54, 1.807) is 48.7 Å². The van der Waals surface area contributed by atoms with Crippen LogP contribution in [0.4, 0.5) is 11.5 Å². The first-order valence-corrected chi connectivity index (χ1v) is 9.48. The predicted octanol–water partition coefficient (Wildman–Crippen LogP) is 4.27. The van der Waals surface area contributed by atoms with Crippen LogP contribution in [-0.4, -0.2) is 28.0 Å². The second-order valence-corrected chi connectivity index (χ2v) is 7.01. The fraction of sp³-hybridized carbons (Fsp3) is 0.174. The van der Waals surface area contributed by atoms with E-state index in [4.69, 9.17) is 10.00 Å². The molecule has 3 N–H and O–H groups in total. The molecule has 0 amide bonds. The highest BCUT2D eigenvalue weighted by atomic mass is 16.6. The third-order valence-electron chi connectivity index (χ3n) is 4.99. The van der Waals surface area contributed by atoms with Crippen molar-refractivity contribution in [1.82, 2.24) is 4.98 Å². The number of nitrogens with zero attached hydrogens (tertiary/aromatic N) is 2. The molecule has 7 nitrogen and oxygen atoms in total. The Labute approximate surface area is 173 Å². The Balaban J connectivity index is 1.74. The number of carboxylic acids is 1. The summed E-state index contributed by atoms with van der Waals surface area (Å²) in [5.41, 5.74) is 3.49. The highest BCUT2D eigenvalue weighted by Gasteiger charge is 2.26. The molecule has 4 rings (SSSR count). The Morgan fingerprint density at radius 3 is 2.63 bits per heavy atom. The second-order valence-electron chi connectivity index (χ2n) is 7.01. The molecular formula is C23H19N3O4. The first-order chi connectivity index (χ1) is 14.6. The van der Waals surface area contributed by atoms with E-state index in [0.29, 0.717) is 28.5 Å². The number of carboxylic acid groups (broad SMARTS) is 1. The number of nitrogens with one attached hydrogen (secondary N) is 1. The molecule has 0 bridgehead atoms. The molecule has 1 aliphatic rings. The Morgan fingerprint density at radius 2 is 2.00 bits per heavy atom. The molecule has 0 aliphatic heterocycles. The van der Waals surface area contributed by atoms with Gasteiger partial charge >= 0.3 is 5.97 Å². The number of pyridine rings is 1. The van der Waals surface area contributed by atoms with Crippen LogP contribution < -0.4 is 10.1 Å². The summed E-state index contributed by atoms with van der Waals surface area (Å²) >= 11 is 0. The van der Waals surface area contributed by atoms with Gasteiger partial charge in [-0.1, -0.05) is 24.3 Å². The number of aliphatic hydroxyl groups is 1. The van der Waals surface area contributed by atoms with Gasteiger partial charge in [-0.15, -0.1) is 0 Å². The minimum atomic E-state index is -1.07. The zero-order valence-electron chi connectivity index (χ0n) is 16.0. The summed E-state index contributed by atoms with van der Waals surface area (Å²) in [7, 11) is 0. The van der Waals surface area contributed by atoms with Crippen molar-refractivity contribution in [2.24, 2.45) is 0 Å². The minimum Gasteiger partial charge on any atom is -0.478 e. The number of benzene rings is 2. The second kappa shape index (κ2) is 8.23. The maximum atomic E-state index is 11.8. The summed E-state index contributed by atoms with van der Waals surface area (Å²) in [4.78, 5) is 16.1. The molecule has 0 radical (unpaired) electrons. The molecule has 7 heteroatoms. The number of ether oxygens (including phenoxy) is 1. The summed E-state index contributed by atoms with van der Waals surface area (Å²) in [5, 5.41) is 31.1. The first-order valence-electron chi connectivity index (χ1n) is 9.48. The molecule has 30 heavy (non-hydrogen) atoms. The molecule has 1 saturated carbocycles. The molecule has 0 unspecified atom stereocenters. The molecule has 0 spiro atoms. The van der Waals surface area contributed by atoms with Gasteiger partial charge in [-0.05, 0) is 54.2 Å². The van der Waals surface area contributed by atoms with Crippen LogP contribution in [-0.2, 0) is 0 Å². The van der Waals surface area contributed by atoms with Gasteiger partial charge < -0.3 is 20.3 Å². The van der Waals surface area contributed by atoms with Gasteiger partial charge in [0.05, 0.1) is 17.3 Å². The number of anilines is 2. The minimum absolute atomic E-state index is 0.0816. The summed E-state index contributed by atoms with van der Waals surface area (Å²) in [6, 6.07) is 16.0. The van der Waals surface area contributed by atoms with Gasteiger partial charge in [-0.25, -0.2) is 9.78 Å². The fourth-order valence-electron chi connectivity index (χ4n) is 3.32. The van der Waals surface area contributed by atoms with Gasteiger partial charge in [0.25, 0.3) is 0 Å². The highest BCUT2D eigenvalue weighted by Crippen LogP contribution is 2.42. The van der Waals surface area contributed by atoms with E-state index in [0.717, 1.165) is 24.0 Å². The van der Waals surface area contributed by atoms with E-state index in [2.05, 4.69) is 16.4 Å². The smallest absolute Gasteiger partial charge is 0.339 e. The normalized spacial score (nSPS) is 12.8. The number of aliphatic hydroxyl groups excluding tert-OH is 1. The average molecular weight is 401 g/mol. The van der Waals surface area contributed by atoms with Crippen molar-refractivity contribution in [1.29, 1.82) is 5.26 Å². The largest absolute Gasteiger partial charge is 0.478 e. The van der Waals surface area contributed by atoms with Gasteiger partial charge in [0.2, 0.25) is 0 Å². The monoisotopic (exact) mass is 401 g/mol. The van der Waals surface area contributed by atoms with E-state index in [9.17, 15) is 15.0 Å². The molecule has 1 heterocycles. The topological polar surface area (TPSA) is 115 Å². The standard InChI is InChI=1S/C23H19N3O4/c24-11-14-4-6-16(7-5-14)18-2-1-3-20(21(18)30-13-27)26-22-19(23(28)29)10-17(12-25-22)15-8-9-15/h1-7,10,12,15,27H,8-9,13H2,(H,25,26)(H,28,29). The number of nitriles is 1. The van der Waals surface area contributed by atoms with Crippen LogP contribution in [0.5, 0.6) is 5.75 Å². The van der Waals surface area contributed by atoms with Crippen molar-refractivity contribution in [3.63, 3.8) is 0 Å². The fourth-order valence-corrected chi connectivity index (χ4v) is 3.32. The van der Waals surface area contributed by atoms with Gasteiger partial charge in [-0.3, -0.25) is 0 Å². The van der Waals surface area contributed by atoms with Crippen molar-refractivity contribution in [2.75, 3.05) is 12.1 Å². The van der Waals surface area contributed by atoms with E-state index in [-0.39, 0.29) is 11.4 Å². The van der Waals surface area contributed by atoms with Gasteiger partial charge in [0.15, 0.2) is 12.5 Å². The lowest BCUT2D eigenvalue weighted by Gasteiger charge is -2.17. The van der Waals surface area contributed by atoms with Crippen molar-refractivity contribution < 1.29 is 19.7 Å². The maximum Gasteiger partial charge on any atom is 0.339 e. The molecule has 0 saturated heterocycles. The predicted molar refractivity (Wildman–Crippen MR) is 111 cm³/mol. The number of hydrogen-bond acceptors (Lipinski definition) is 6. The molecule has 1 aliphatic carbocycles. The number of rotatable bonds is 7. The van der Waals surface area contributed by atoms with Crippen molar-refractivity contribution in [3.05, 3.63) is 71.4 Å². The van der Waals surface area contributed by atoms with Gasteiger partial charge in [0.1, 0.15) is 11.4 Å². The molecular weight excluding hydrogens is 382 g/mol. The summed E-state index contributed by atoms with van der Waals surface area (Å²) in [6.45, 7) is -0.554. The highest BCUT2D eigenvalue weighted by molar-refractivity contribution is 5.95. The van der Waals surface area contributed by atoms with E-state index in [1.807, 2.05) is 6.07 Å². The molecule has 1 aromatic heterocycles. The summed E-state index contributed by atoms with van der Waals surface area (Å²) in [5.74, 6) is -0.126. The van der Waals surface area contributed by atoms with Crippen LogP contribution in [0.2, 0.25) is 0 Å². The Kier molecular flexibility index (Phi) is 5.33. The Bertz CT molecular complexity index is 1130. The zero-order chi connectivity index (χ0) is 21.1. The number of aromatic carboxylic acids is 1. The quantitative estimate of drug-likeness (QED) is 0.506. The van der Waals surface area contributed by atoms with Crippen molar-refractivity contribution in [2.45, 2.75) is 18.8 Å². The number of para-hydroxylation sites is 1. The third kappa shape index (κ3) is 3.95. The zero-order valence-corrected chi connectivity index (χ0v) is 16.0. The van der Waals surface area contributed by atoms with Crippen LogP contribution in [0.3, 0.4) is 0 Å². The van der Waals surface area contributed by atoms with E-state index in [1.165, 1.54) is 0 Å². The van der Waals surface area contributed by atoms with E-state index < -0.39 is 12.8 Å². The maximum absolute atomic E-state index is 11.8. The van der Waals surface area contributed by atoms with Crippen LogP contribution in [0.25, 0.3) is 11.1 Å². The first kappa shape index (κ1) is 19.4. The summed E-state index contributed by atoms with van der Waals surface area (Å²) < 4.78 is 5.48. The average Bonchev–Trinajstić information content (AvgIpc) is 3.61. The van der Waals surface area contributed by atoms with Crippen LogP contribution in [0.15, 0.2) is 54.7 Å². The van der Waals surface area contributed by atoms with Crippen LogP contribution >= 0.6 is 0 Å². The lowest BCUT2D eigenvalue weighted by molar-refractivity contribution is 0.0697. The molecule has 0 atom stereocenters. The lowest BCUT2D eigenvalue weighted by Crippen LogP contribution is -2.08. The van der Waals surface area contributed by atoms with Crippen molar-refractivity contribution in [3.8, 4) is 22.9 Å². The molecule has 2 aromatic carbocycles. The SMILES string of the molecule is N#Cc1ccc(-c2cccc(Nc3ncc(C4CC4)cc3C(=O)O)c2OCO)cc1. The Morgan fingerprint density at radius 1 is 1.23 bits per heavy atom. The third-order valence-corrected chi connectivity index (χ3v) is 4.99. The number of aromatic nitrogens is 1.